The quantitative estimate of drug-likeness (QED) is 0.679. The third kappa shape index (κ3) is 5.35. The van der Waals surface area contributed by atoms with Crippen LogP contribution in [0, 0.1) is 0 Å². The minimum absolute atomic E-state index is 0.413. The van der Waals surface area contributed by atoms with E-state index in [4.69, 9.17) is 10.5 Å². The van der Waals surface area contributed by atoms with Gasteiger partial charge < -0.3 is 15.8 Å². The molecule has 0 heterocycles. The summed E-state index contributed by atoms with van der Waals surface area (Å²) in [6.07, 6.45) is 1.14. The fourth-order valence-electron chi connectivity index (χ4n) is 1.68. The molecule has 0 unspecified atom stereocenters. The van der Waals surface area contributed by atoms with Crippen molar-refractivity contribution in [3.05, 3.63) is 18.2 Å². The lowest BCUT2D eigenvalue weighted by atomic mass is 10.1. The molecule has 0 fully saturated rings. The number of sulfonamides is 1. The van der Waals surface area contributed by atoms with Gasteiger partial charge in [-0.15, -0.1) is 0 Å². The Morgan fingerprint density at radius 1 is 1.37 bits per heavy atom. The highest BCUT2D eigenvalue weighted by Crippen LogP contribution is 2.24. The van der Waals surface area contributed by atoms with Crippen LogP contribution in [0.2, 0.25) is 0 Å². The number of nitrogens with one attached hydrogen (secondary N) is 2. The van der Waals surface area contributed by atoms with Crippen molar-refractivity contribution in [2.75, 3.05) is 31.0 Å². The number of ether oxygens (including phenoxy) is 1. The van der Waals surface area contributed by atoms with Gasteiger partial charge in [-0.05, 0) is 26.0 Å². The highest BCUT2D eigenvalue weighted by molar-refractivity contribution is 7.88. The van der Waals surface area contributed by atoms with Gasteiger partial charge in [-0.1, -0.05) is 0 Å². The molecule has 108 valence electrons. The highest BCUT2D eigenvalue weighted by Gasteiger charge is 2.22. The summed E-state index contributed by atoms with van der Waals surface area (Å²) < 4.78 is 30.1. The van der Waals surface area contributed by atoms with Gasteiger partial charge in [0.2, 0.25) is 10.0 Å². The van der Waals surface area contributed by atoms with Crippen LogP contribution in [0.1, 0.15) is 13.8 Å². The molecular weight excluding hydrogens is 266 g/mol. The van der Waals surface area contributed by atoms with E-state index in [0.717, 1.165) is 11.9 Å². The number of rotatable bonds is 6. The maximum atomic E-state index is 11.2. The van der Waals surface area contributed by atoms with E-state index in [-0.39, 0.29) is 0 Å². The molecule has 0 atom stereocenters. The third-order valence-corrected chi connectivity index (χ3v) is 3.36. The molecular formula is C12H21N3O3S. The lowest BCUT2D eigenvalue weighted by Crippen LogP contribution is -2.47. The summed E-state index contributed by atoms with van der Waals surface area (Å²) in [6, 6.07) is 5.29. The predicted octanol–water partition coefficient (Wildman–Crippen LogP) is 1.02. The summed E-state index contributed by atoms with van der Waals surface area (Å²) in [5.41, 5.74) is 6.55. The van der Waals surface area contributed by atoms with Gasteiger partial charge in [0.1, 0.15) is 5.75 Å². The second-order valence-corrected chi connectivity index (χ2v) is 6.81. The monoisotopic (exact) mass is 287 g/mol. The Labute approximate surface area is 114 Å². The minimum Gasteiger partial charge on any atom is -0.497 e. The second kappa shape index (κ2) is 5.66. The summed E-state index contributed by atoms with van der Waals surface area (Å²) in [5.74, 6) is 0.677. The number of nitrogens with two attached hydrogens (primary N) is 1. The van der Waals surface area contributed by atoms with Gasteiger partial charge in [0.05, 0.1) is 24.7 Å². The lowest BCUT2D eigenvalue weighted by Gasteiger charge is -2.26. The van der Waals surface area contributed by atoms with Gasteiger partial charge in [-0.2, -0.15) is 0 Å². The Hall–Kier alpha value is -1.47. The molecule has 1 rings (SSSR count). The van der Waals surface area contributed by atoms with Gasteiger partial charge in [0.25, 0.3) is 0 Å². The topological polar surface area (TPSA) is 93.5 Å². The summed E-state index contributed by atoms with van der Waals surface area (Å²) in [4.78, 5) is 0. The van der Waals surface area contributed by atoms with Crippen molar-refractivity contribution in [3.63, 3.8) is 0 Å². The van der Waals surface area contributed by atoms with Crippen LogP contribution in [-0.2, 0) is 10.0 Å². The van der Waals surface area contributed by atoms with Crippen molar-refractivity contribution < 1.29 is 13.2 Å². The van der Waals surface area contributed by atoms with Crippen LogP contribution < -0.4 is 20.5 Å². The predicted molar refractivity (Wildman–Crippen MR) is 78.0 cm³/mol. The van der Waals surface area contributed by atoms with Gasteiger partial charge in [-0.25, -0.2) is 13.1 Å². The van der Waals surface area contributed by atoms with Crippen LogP contribution in [-0.4, -0.2) is 33.9 Å². The average molecular weight is 287 g/mol. The molecule has 1 aromatic carbocycles. The molecule has 1 aromatic rings. The molecule has 0 saturated heterocycles. The van der Waals surface area contributed by atoms with E-state index in [9.17, 15) is 8.42 Å². The minimum atomic E-state index is -3.25. The Morgan fingerprint density at radius 3 is 2.47 bits per heavy atom. The van der Waals surface area contributed by atoms with Gasteiger partial charge in [0.15, 0.2) is 0 Å². The molecule has 0 radical (unpaired) electrons. The number of nitrogen functional groups attached to an aromatic ring is 1. The molecule has 0 aliphatic carbocycles. The van der Waals surface area contributed by atoms with Crippen molar-refractivity contribution in [1.29, 1.82) is 0 Å². The zero-order valence-corrected chi connectivity index (χ0v) is 12.5. The fourth-order valence-corrected chi connectivity index (χ4v) is 2.76. The molecule has 6 nitrogen and oxygen atoms in total. The SMILES string of the molecule is COc1ccc(NCC(C)(C)NS(C)(=O)=O)c(N)c1. The van der Waals surface area contributed by atoms with E-state index in [1.165, 1.54) is 0 Å². The zero-order chi connectivity index (χ0) is 14.7. The summed E-state index contributed by atoms with van der Waals surface area (Å²) in [7, 11) is -1.68. The van der Waals surface area contributed by atoms with E-state index in [0.29, 0.717) is 18.0 Å². The molecule has 0 aromatic heterocycles. The first-order valence-corrected chi connectivity index (χ1v) is 7.68. The molecule has 0 aliphatic heterocycles. The van der Waals surface area contributed by atoms with Crippen LogP contribution in [0.4, 0.5) is 11.4 Å². The summed E-state index contributed by atoms with van der Waals surface area (Å²) in [5, 5.41) is 3.12. The van der Waals surface area contributed by atoms with E-state index >= 15 is 0 Å². The molecule has 0 saturated carbocycles. The van der Waals surface area contributed by atoms with E-state index in [2.05, 4.69) is 10.0 Å². The first kappa shape index (κ1) is 15.6. The Bertz CT molecular complexity index is 541. The van der Waals surface area contributed by atoms with Crippen molar-refractivity contribution in [2.45, 2.75) is 19.4 Å². The molecule has 0 amide bonds. The van der Waals surface area contributed by atoms with Crippen molar-refractivity contribution in [1.82, 2.24) is 4.72 Å². The Morgan fingerprint density at radius 2 is 2.00 bits per heavy atom. The number of anilines is 2. The Balaban J connectivity index is 2.71. The maximum absolute atomic E-state index is 11.2. The molecule has 0 bridgehead atoms. The third-order valence-electron chi connectivity index (χ3n) is 2.44. The standard InChI is InChI=1S/C12H21N3O3S/c1-12(2,15-19(4,16)17)8-14-11-6-5-9(18-3)7-10(11)13/h5-7,14-15H,8,13H2,1-4H3. The van der Waals surface area contributed by atoms with Crippen molar-refractivity contribution >= 4 is 21.4 Å². The van der Waals surface area contributed by atoms with Crippen LogP contribution in [0.5, 0.6) is 5.75 Å². The van der Waals surface area contributed by atoms with Crippen LogP contribution in [0.25, 0.3) is 0 Å². The summed E-state index contributed by atoms with van der Waals surface area (Å²) in [6.45, 7) is 4.00. The van der Waals surface area contributed by atoms with Gasteiger partial charge in [-0.3, -0.25) is 0 Å². The average Bonchev–Trinajstić information content (AvgIpc) is 2.24. The number of benzene rings is 1. The van der Waals surface area contributed by atoms with Gasteiger partial charge >= 0.3 is 0 Å². The second-order valence-electron chi connectivity index (χ2n) is 5.06. The smallest absolute Gasteiger partial charge is 0.209 e. The highest BCUT2D eigenvalue weighted by atomic mass is 32.2. The molecule has 19 heavy (non-hydrogen) atoms. The number of methoxy groups -OCH3 is 1. The lowest BCUT2D eigenvalue weighted by molar-refractivity contribution is 0.415. The molecule has 4 N–H and O–H groups in total. The van der Waals surface area contributed by atoms with E-state index < -0.39 is 15.6 Å². The zero-order valence-electron chi connectivity index (χ0n) is 11.6. The number of hydrogen-bond acceptors (Lipinski definition) is 5. The van der Waals surface area contributed by atoms with Crippen molar-refractivity contribution in [3.8, 4) is 5.75 Å². The maximum Gasteiger partial charge on any atom is 0.209 e. The van der Waals surface area contributed by atoms with Crippen LogP contribution in [0.3, 0.4) is 0 Å². The molecule has 7 heteroatoms. The van der Waals surface area contributed by atoms with Crippen LogP contribution in [0.15, 0.2) is 18.2 Å². The van der Waals surface area contributed by atoms with Crippen molar-refractivity contribution in [2.24, 2.45) is 0 Å². The Kier molecular flexibility index (Phi) is 4.65. The van der Waals surface area contributed by atoms with E-state index in [1.54, 1.807) is 39.2 Å². The molecule has 0 aliphatic rings. The summed E-state index contributed by atoms with van der Waals surface area (Å²) >= 11 is 0. The van der Waals surface area contributed by atoms with E-state index in [1.807, 2.05) is 0 Å². The first-order chi connectivity index (χ1) is 8.63. The largest absolute Gasteiger partial charge is 0.497 e. The first-order valence-electron chi connectivity index (χ1n) is 5.79. The fraction of sp³-hybridized carbons (Fsp3) is 0.500. The van der Waals surface area contributed by atoms with Gasteiger partial charge in [0, 0.05) is 18.2 Å². The number of hydrogen-bond donors (Lipinski definition) is 3. The normalized spacial score (nSPS) is 12.2. The molecule has 0 spiro atoms. The van der Waals surface area contributed by atoms with Crippen LogP contribution >= 0.6 is 0 Å².